The highest BCUT2D eigenvalue weighted by Crippen LogP contribution is 2.28. The van der Waals surface area contributed by atoms with Crippen molar-refractivity contribution >= 4 is 45.0 Å². The summed E-state index contributed by atoms with van der Waals surface area (Å²) in [6, 6.07) is 17.1. The molecule has 0 spiro atoms. The lowest BCUT2D eigenvalue weighted by Crippen LogP contribution is -2.30. The normalized spacial score (nSPS) is 16.6. The van der Waals surface area contributed by atoms with Crippen molar-refractivity contribution < 1.29 is 9.53 Å². The van der Waals surface area contributed by atoms with Gasteiger partial charge in [-0.15, -0.1) is 11.3 Å². The van der Waals surface area contributed by atoms with E-state index < -0.39 is 5.25 Å². The smallest absolute Gasteiger partial charge is 0.262 e. The van der Waals surface area contributed by atoms with E-state index in [2.05, 4.69) is 10.3 Å². The molecular formula is C25H24N4O3S2. The Hall–Kier alpha value is -3.01. The molecule has 34 heavy (non-hydrogen) atoms. The van der Waals surface area contributed by atoms with E-state index in [0.29, 0.717) is 34.3 Å². The minimum absolute atomic E-state index is 0.0177. The number of thiazole rings is 1. The van der Waals surface area contributed by atoms with Crippen LogP contribution in [0.25, 0.3) is 22.2 Å². The number of carbonyl (C=O) groups excluding carboxylic acids is 1. The number of aromatic nitrogens is 3. The van der Waals surface area contributed by atoms with Crippen molar-refractivity contribution in [1.29, 1.82) is 0 Å². The van der Waals surface area contributed by atoms with E-state index in [9.17, 15) is 9.59 Å². The molecule has 0 aliphatic carbocycles. The first-order valence-corrected chi connectivity index (χ1v) is 12.9. The average molecular weight is 493 g/mol. The van der Waals surface area contributed by atoms with Crippen molar-refractivity contribution in [2.75, 3.05) is 11.9 Å². The molecule has 2 aromatic carbocycles. The minimum atomic E-state index is -0.479. The molecule has 2 atom stereocenters. The van der Waals surface area contributed by atoms with Crippen LogP contribution in [0.15, 0.2) is 69.9 Å². The number of fused-ring (bicyclic) bond motifs is 1. The molecule has 1 N–H and O–H groups in total. The number of amides is 1. The van der Waals surface area contributed by atoms with Gasteiger partial charge in [-0.2, -0.15) is 0 Å². The van der Waals surface area contributed by atoms with Gasteiger partial charge in [0.05, 0.1) is 34.5 Å². The molecule has 9 heteroatoms. The van der Waals surface area contributed by atoms with Gasteiger partial charge in [0.25, 0.3) is 5.56 Å². The molecule has 1 aliphatic rings. The number of benzene rings is 2. The van der Waals surface area contributed by atoms with Crippen LogP contribution in [0.2, 0.25) is 0 Å². The molecule has 5 rings (SSSR count). The van der Waals surface area contributed by atoms with Gasteiger partial charge < -0.3 is 10.1 Å². The van der Waals surface area contributed by atoms with E-state index in [1.807, 2.05) is 60.8 Å². The maximum atomic E-state index is 13.3. The second-order valence-electron chi connectivity index (χ2n) is 8.12. The number of hydrogen-bond acceptors (Lipinski definition) is 7. The summed E-state index contributed by atoms with van der Waals surface area (Å²) in [5.41, 5.74) is 2.34. The maximum Gasteiger partial charge on any atom is 0.262 e. The summed E-state index contributed by atoms with van der Waals surface area (Å²) in [5.74, 6) is -0.190. The molecule has 1 saturated heterocycles. The molecule has 0 saturated carbocycles. The van der Waals surface area contributed by atoms with Gasteiger partial charge in [-0.05, 0) is 31.9 Å². The number of ether oxygens (including phenoxy) is 1. The summed E-state index contributed by atoms with van der Waals surface area (Å²) < 4.78 is 7.42. The van der Waals surface area contributed by atoms with Crippen molar-refractivity contribution in [3.05, 3.63) is 70.3 Å². The van der Waals surface area contributed by atoms with Crippen LogP contribution in [0.5, 0.6) is 0 Å². The first kappa shape index (κ1) is 22.8. The zero-order valence-electron chi connectivity index (χ0n) is 18.6. The van der Waals surface area contributed by atoms with E-state index in [1.165, 1.54) is 23.1 Å². The number of hydrogen-bond donors (Lipinski definition) is 1. The van der Waals surface area contributed by atoms with Crippen LogP contribution in [0.1, 0.15) is 19.8 Å². The summed E-state index contributed by atoms with van der Waals surface area (Å²) in [7, 11) is 0. The van der Waals surface area contributed by atoms with E-state index in [-0.39, 0.29) is 17.6 Å². The minimum Gasteiger partial charge on any atom is -0.376 e. The lowest BCUT2D eigenvalue weighted by atomic mass is 10.2. The van der Waals surface area contributed by atoms with Crippen LogP contribution in [0.4, 0.5) is 5.13 Å². The zero-order valence-corrected chi connectivity index (χ0v) is 20.3. The van der Waals surface area contributed by atoms with E-state index in [4.69, 9.17) is 9.72 Å². The Labute approximate surface area is 205 Å². The van der Waals surface area contributed by atoms with Crippen molar-refractivity contribution in [2.24, 2.45) is 0 Å². The highest BCUT2D eigenvalue weighted by molar-refractivity contribution is 8.00. The Bertz CT molecular complexity index is 1360. The van der Waals surface area contributed by atoms with E-state index >= 15 is 0 Å². The molecule has 1 amide bonds. The van der Waals surface area contributed by atoms with Gasteiger partial charge in [0, 0.05) is 17.6 Å². The maximum absolute atomic E-state index is 13.3. The van der Waals surface area contributed by atoms with Crippen molar-refractivity contribution in [1.82, 2.24) is 14.5 Å². The third-order valence-corrected chi connectivity index (χ3v) is 7.54. The molecular weight excluding hydrogens is 468 g/mol. The number of rotatable bonds is 7. The van der Waals surface area contributed by atoms with Crippen LogP contribution < -0.4 is 10.9 Å². The highest BCUT2D eigenvalue weighted by Gasteiger charge is 2.23. The predicted octanol–water partition coefficient (Wildman–Crippen LogP) is 4.82. The number of para-hydroxylation sites is 1. The van der Waals surface area contributed by atoms with Crippen LogP contribution in [-0.4, -0.2) is 38.4 Å². The highest BCUT2D eigenvalue weighted by atomic mass is 32.2. The Morgan fingerprint density at radius 2 is 2.00 bits per heavy atom. The average Bonchev–Trinajstić information content (AvgIpc) is 3.54. The van der Waals surface area contributed by atoms with Gasteiger partial charge in [0.15, 0.2) is 10.3 Å². The van der Waals surface area contributed by atoms with E-state index in [1.54, 1.807) is 10.6 Å². The van der Waals surface area contributed by atoms with Crippen molar-refractivity contribution in [2.45, 2.75) is 42.8 Å². The summed E-state index contributed by atoms with van der Waals surface area (Å²) in [6.45, 7) is 2.95. The van der Waals surface area contributed by atoms with Crippen LogP contribution >= 0.6 is 23.1 Å². The monoisotopic (exact) mass is 492 g/mol. The Kier molecular flexibility index (Phi) is 6.75. The SMILES string of the molecule is CC(Sc1nc2ccccc2c(=O)n1CC1CCCO1)C(=O)Nc1nc(-c2ccccc2)cs1. The quantitative estimate of drug-likeness (QED) is 0.294. The molecule has 1 fully saturated rings. The van der Waals surface area contributed by atoms with Crippen LogP contribution in [-0.2, 0) is 16.1 Å². The lowest BCUT2D eigenvalue weighted by molar-refractivity contribution is -0.115. The van der Waals surface area contributed by atoms with Gasteiger partial charge >= 0.3 is 0 Å². The number of anilines is 1. The largest absolute Gasteiger partial charge is 0.376 e. The van der Waals surface area contributed by atoms with Crippen molar-refractivity contribution in [3.8, 4) is 11.3 Å². The first-order valence-electron chi connectivity index (χ1n) is 11.2. The summed E-state index contributed by atoms with van der Waals surface area (Å²) in [4.78, 5) is 35.5. The molecule has 0 radical (unpaired) electrons. The van der Waals surface area contributed by atoms with E-state index in [0.717, 1.165) is 24.1 Å². The zero-order chi connectivity index (χ0) is 23.5. The summed E-state index contributed by atoms with van der Waals surface area (Å²) >= 11 is 2.66. The third-order valence-electron chi connectivity index (χ3n) is 5.69. The molecule has 2 unspecified atom stereocenters. The second kappa shape index (κ2) is 10.1. The molecule has 7 nitrogen and oxygen atoms in total. The predicted molar refractivity (Wildman–Crippen MR) is 136 cm³/mol. The fourth-order valence-electron chi connectivity index (χ4n) is 3.88. The summed E-state index contributed by atoms with van der Waals surface area (Å²) in [6.07, 6.45) is 1.88. The topological polar surface area (TPSA) is 86.1 Å². The molecule has 0 bridgehead atoms. The number of thioether (sulfide) groups is 1. The Balaban J connectivity index is 1.36. The van der Waals surface area contributed by atoms with Crippen LogP contribution in [0.3, 0.4) is 0 Å². The number of carbonyl (C=O) groups is 1. The number of nitrogens with zero attached hydrogens (tertiary/aromatic N) is 3. The lowest BCUT2D eigenvalue weighted by Gasteiger charge is -2.18. The molecule has 2 aromatic heterocycles. The fraction of sp³-hybridized carbons (Fsp3) is 0.280. The molecule has 174 valence electrons. The molecule has 1 aliphatic heterocycles. The Morgan fingerprint density at radius 1 is 1.21 bits per heavy atom. The first-order chi connectivity index (χ1) is 16.6. The summed E-state index contributed by atoms with van der Waals surface area (Å²) in [5, 5.41) is 5.98. The molecule has 3 heterocycles. The van der Waals surface area contributed by atoms with Gasteiger partial charge in [-0.25, -0.2) is 9.97 Å². The Morgan fingerprint density at radius 3 is 2.79 bits per heavy atom. The van der Waals surface area contributed by atoms with Crippen LogP contribution in [0, 0.1) is 0 Å². The third kappa shape index (κ3) is 4.91. The van der Waals surface area contributed by atoms with Crippen molar-refractivity contribution in [3.63, 3.8) is 0 Å². The van der Waals surface area contributed by atoms with Gasteiger partial charge in [-0.1, -0.05) is 54.2 Å². The van der Waals surface area contributed by atoms with Gasteiger partial charge in [0.2, 0.25) is 5.91 Å². The van der Waals surface area contributed by atoms with Gasteiger partial charge in [-0.3, -0.25) is 14.2 Å². The number of nitrogens with one attached hydrogen (secondary N) is 1. The van der Waals surface area contributed by atoms with Gasteiger partial charge in [0.1, 0.15) is 0 Å². The second-order valence-corrected chi connectivity index (χ2v) is 10.3. The fourth-order valence-corrected chi connectivity index (χ4v) is 5.52. The molecule has 4 aromatic rings. The standard InChI is InChI=1S/C25H24N4O3S2/c1-16(22(30)28-24-26-21(15-33-24)17-8-3-2-4-9-17)34-25-27-20-12-6-5-11-19(20)23(31)29(25)14-18-10-7-13-32-18/h2-6,8-9,11-12,15-16,18H,7,10,13-14H2,1H3,(H,26,28,30).